The largest absolute Gasteiger partial charge is 0.481 e. The molecule has 0 bridgehead atoms. The molecule has 1 aromatic carbocycles. The SMILES string of the molecule is CCNC(=O)Nc1cc(CN2CCN(c3ccc(C#N)cc3F)CC2)cc(OC)n1. The van der Waals surface area contributed by atoms with Crippen molar-refractivity contribution in [2.45, 2.75) is 13.5 Å². The summed E-state index contributed by atoms with van der Waals surface area (Å²) in [6, 6.07) is 9.87. The Morgan fingerprint density at radius 1 is 1.27 bits per heavy atom. The number of halogens is 1. The molecule has 2 N–H and O–H groups in total. The number of hydrogen-bond donors (Lipinski definition) is 2. The zero-order valence-corrected chi connectivity index (χ0v) is 17.1. The molecule has 2 aromatic rings. The quantitative estimate of drug-likeness (QED) is 0.758. The second kappa shape index (κ2) is 9.89. The summed E-state index contributed by atoms with van der Waals surface area (Å²) in [6.45, 7) is 5.88. The molecule has 3 rings (SSSR count). The van der Waals surface area contributed by atoms with Gasteiger partial charge in [-0.1, -0.05) is 0 Å². The first kappa shape index (κ1) is 21.3. The fourth-order valence-corrected chi connectivity index (χ4v) is 3.38. The number of carbonyl (C=O) groups excluding carboxylic acids is 1. The molecule has 1 aliphatic heterocycles. The van der Waals surface area contributed by atoms with Crippen molar-refractivity contribution < 1.29 is 13.9 Å². The van der Waals surface area contributed by atoms with Gasteiger partial charge in [0, 0.05) is 45.3 Å². The van der Waals surface area contributed by atoms with Crippen LogP contribution >= 0.6 is 0 Å². The first-order chi connectivity index (χ1) is 14.5. The zero-order chi connectivity index (χ0) is 21.5. The number of benzene rings is 1. The minimum absolute atomic E-state index is 0.317. The van der Waals surface area contributed by atoms with Gasteiger partial charge in [-0.3, -0.25) is 10.2 Å². The van der Waals surface area contributed by atoms with Gasteiger partial charge < -0.3 is 15.0 Å². The molecule has 30 heavy (non-hydrogen) atoms. The lowest BCUT2D eigenvalue weighted by Gasteiger charge is -2.36. The van der Waals surface area contributed by atoms with Crippen molar-refractivity contribution in [1.82, 2.24) is 15.2 Å². The van der Waals surface area contributed by atoms with Crippen molar-refractivity contribution in [2.24, 2.45) is 0 Å². The third-order valence-corrected chi connectivity index (χ3v) is 4.85. The summed E-state index contributed by atoms with van der Waals surface area (Å²) in [5.41, 5.74) is 1.80. The van der Waals surface area contributed by atoms with Gasteiger partial charge in [-0.25, -0.2) is 9.18 Å². The lowest BCUT2D eigenvalue weighted by molar-refractivity contribution is 0.248. The van der Waals surface area contributed by atoms with Gasteiger partial charge in [0.15, 0.2) is 0 Å². The maximum atomic E-state index is 14.3. The molecule has 9 heteroatoms. The van der Waals surface area contributed by atoms with Crippen LogP contribution in [0.3, 0.4) is 0 Å². The van der Waals surface area contributed by atoms with E-state index < -0.39 is 0 Å². The van der Waals surface area contributed by atoms with E-state index in [2.05, 4.69) is 20.5 Å². The molecule has 0 unspecified atom stereocenters. The van der Waals surface area contributed by atoms with Crippen LogP contribution in [-0.4, -0.2) is 55.7 Å². The van der Waals surface area contributed by atoms with Crippen LogP contribution in [0, 0.1) is 17.1 Å². The Kier molecular flexibility index (Phi) is 7.03. The van der Waals surface area contributed by atoms with Crippen LogP contribution in [0.25, 0.3) is 0 Å². The van der Waals surface area contributed by atoms with Gasteiger partial charge >= 0.3 is 6.03 Å². The lowest BCUT2D eigenvalue weighted by Crippen LogP contribution is -2.46. The Labute approximate surface area is 175 Å². The molecular weight excluding hydrogens is 387 g/mol. The van der Waals surface area contributed by atoms with Gasteiger partial charge in [-0.2, -0.15) is 10.2 Å². The van der Waals surface area contributed by atoms with Crippen molar-refractivity contribution in [3.05, 3.63) is 47.3 Å². The number of anilines is 2. The lowest BCUT2D eigenvalue weighted by atomic mass is 10.1. The molecule has 1 saturated heterocycles. The second-order valence-corrected chi connectivity index (χ2v) is 6.93. The number of pyridine rings is 1. The van der Waals surface area contributed by atoms with E-state index >= 15 is 0 Å². The van der Waals surface area contributed by atoms with E-state index in [0.717, 1.165) is 18.7 Å². The zero-order valence-electron chi connectivity index (χ0n) is 17.1. The maximum absolute atomic E-state index is 14.3. The summed E-state index contributed by atoms with van der Waals surface area (Å²) in [4.78, 5) is 20.3. The van der Waals surface area contributed by atoms with Crippen molar-refractivity contribution in [3.63, 3.8) is 0 Å². The summed E-state index contributed by atoms with van der Waals surface area (Å²) < 4.78 is 19.5. The van der Waals surface area contributed by atoms with E-state index in [1.807, 2.05) is 30.0 Å². The van der Waals surface area contributed by atoms with Crippen LogP contribution < -0.4 is 20.3 Å². The second-order valence-electron chi connectivity index (χ2n) is 6.93. The Bertz CT molecular complexity index is 938. The van der Waals surface area contributed by atoms with E-state index in [9.17, 15) is 9.18 Å². The van der Waals surface area contributed by atoms with E-state index in [-0.39, 0.29) is 11.8 Å². The first-order valence-corrected chi connectivity index (χ1v) is 9.79. The van der Waals surface area contributed by atoms with Crippen molar-refractivity contribution in [1.29, 1.82) is 5.26 Å². The molecule has 1 aliphatic rings. The van der Waals surface area contributed by atoms with Crippen molar-refractivity contribution >= 4 is 17.5 Å². The molecular formula is C21H25FN6O2. The predicted octanol–water partition coefficient (Wildman–Crippen LogP) is 2.56. The Morgan fingerprint density at radius 2 is 2.03 bits per heavy atom. The molecule has 0 aliphatic carbocycles. The van der Waals surface area contributed by atoms with Crippen LogP contribution in [0.15, 0.2) is 30.3 Å². The molecule has 8 nitrogen and oxygen atoms in total. The number of piperazine rings is 1. The number of nitrogens with one attached hydrogen (secondary N) is 2. The highest BCUT2D eigenvalue weighted by molar-refractivity contribution is 5.88. The molecule has 0 spiro atoms. The van der Waals surface area contributed by atoms with Gasteiger partial charge in [0.2, 0.25) is 5.88 Å². The minimum Gasteiger partial charge on any atom is -0.481 e. The molecule has 0 atom stereocenters. The summed E-state index contributed by atoms with van der Waals surface area (Å²) in [5.74, 6) is 0.480. The number of urea groups is 1. The van der Waals surface area contributed by atoms with Crippen molar-refractivity contribution in [2.75, 3.05) is 50.1 Å². The topological polar surface area (TPSA) is 93.5 Å². The minimum atomic E-state index is -0.373. The number of nitrogens with zero attached hydrogens (tertiary/aromatic N) is 4. The highest BCUT2D eigenvalue weighted by Gasteiger charge is 2.20. The molecule has 2 amide bonds. The standard InChI is InChI=1S/C21H25FN6O2/c1-3-24-21(29)26-19-11-16(12-20(25-19)30-2)14-27-6-8-28(9-7-27)18-5-4-15(13-23)10-17(18)22/h4-5,10-12H,3,6-9,14H2,1-2H3,(H2,24,25,26,29). The summed E-state index contributed by atoms with van der Waals surface area (Å²) in [6.07, 6.45) is 0. The molecule has 1 fully saturated rings. The fourth-order valence-electron chi connectivity index (χ4n) is 3.38. The molecule has 1 aromatic heterocycles. The van der Waals surface area contributed by atoms with E-state index in [0.29, 0.717) is 49.1 Å². The Balaban J connectivity index is 1.63. The average Bonchev–Trinajstić information content (AvgIpc) is 2.74. The highest BCUT2D eigenvalue weighted by atomic mass is 19.1. The average molecular weight is 412 g/mol. The number of nitriles is 1. The summed E-state index contributed by atoms with van der Waals surface area (Å²) in [5, 5.41) is 14.3. The van der Waals surface area contributed by atoms with Crippen LogP contribution in [0.1, 0.15) is 18.1 Å². The maximum Gasteiger partial charge on any atom is 0.320 e. The summed E-state index contributed by atoms with van der Waals surface area (Å²) in [7, 11) is 1.53. The summed E-state index contributed by atoms with van der Waals surface area (Å²) >= 11 is 0. The van der Waals surface area contributed by atoms with Crippen LogP contribution in [0.4, 0.5) is 20.7 Å². The number of ether oxygens (including phenoxy) is 1. The number of rotatable bonds is 6. The van der Waals surface area contributed by atoms with E-state index in [1.165, 1.54) is 13.2 Å². The Morgan fingerprint density at radius 3 is 2.67 bits per heavy atom. The van der Waals surface area contributed by atoms with Crippen LogP contribution in [0.2, 0.25) is 0 Å². The fraction of sp³-hybridized carbons (Fsp3) is 0.381. The number of amides is 2. The molecule has 0 saturated carbocycles. The van der Waals surface area contributed by atoms with Gasteiger partial charge in [0.25, 0.3) is 0 Å². The van der Waals surface area contributed by atoms with Crippen LogP contribution in [0.5, 0.6) is 5.88 Å². The van der Waals surface area contributed by atoms with Gasteiger partial charge in [-0.15, -0.1) is 0 Å². The van der Waals surface area contributed by atoms with Crippen molar-refractivity contribution in [3.8, 4) is 11.9 Å². The molecule has 158 valence electrons. The normalized spacial score (nSPS) is 14.1. The van der Waals surface area contributed by atoms with E-state index in [4.69, 9.17) is 10.00 Å². The Hall–Kier alpha value is -3.38. The highest BCUT2D eigenvalue weighted by Crippen LogP contribution is 2.23. The first-order valence-electron chi connectivity index (χ1n) is 9.79. The third-order valence-electron chi connectivity index (χ3n) is 4.85. The molecule has 2 heterocycles. The monoisotopic (exact) mass is 412 g/mol. The predicted molar refractivity (Wildman–Crippen MR) is 112 cm³/mol. The molecule has 0 radical (unpaired) electrons. The smallest absolute Gasteiger partial charge is 0.320 e. The van der Waals surface area contributed by atoms with Crippen LogP contribution in [-0.2, 0) is 6.54 Å². The number of carbonyl (C=O) groups is 1. The van der Waals surface area contributed by atoms with Gasteiger partial charge in [0.1, 0.15) is 11.6 Å². The number of aromatic nitrogens is 1. The van der Waals surface area contributed by atoms with Gasteiger partial charge in [-0.05, 0) is 36.8 Å². The van der Waals surface area contributed by atoms with Gasteiger partial charge in [0.05, 0.1) is 24.4 Å². The number of hydrogen-bond acceptors (Lipinski definition) is 6. The van der Waals surface area contributed by atoms with E-state index in [1.54, 1.807) is 12.1 Å². The third kappa shape index (κ3) is 5.36. The number of methoxy groups -OCH3 is 1.